The molecule has 14 nitrogen and oxygen atoms in total. The molecule has 4 aromatic rings. The zero-order chi connectivity index (χ0) is 40.5. The highest BCUT2D eigenvalue weighted by molar-refractivity contribution is 6.05. The Morgan fingerprint density at radius 3 is 2.49 bits per heavy atom. The number of anilines is 2. The minimum Gasteiger partial charge on any atom is -0.488 e. The summed E-state index contributed by atoms with van der Waals surface area (Å²) in [6.45, 7) is 7.07. The van der Waals surface area contributed by atoms with Gasteiger partial charge in [0.05, 0.1) is 36.2 Å². The zero-order valence-electron chi connectivity index (χ0n) is 33.2. The lowest BCUT2D eigenvalue weighted by Crippen LogP contribution is -2.54. The minimum atomic E-state index is -1.36. The monoisotopic (exact) mass is 809 g/mol. The first-order valence-electron chi connectivity index (χ1n) is 21.0. The van der Waals surface area contributed by atoms with Crippen LogP contribution < -0.4 is 19.9 Å². The number of amides is 3. The summed E-state index contributed by atoms with van der Waals surface area (Å²) in [7, 11) is 0. The smallest absolute Gasteiger partial charge is 0.255 e. The number of alkyl halides is 1. The zero-order valence-corrected chi connectivity index (χ0v) is 33.2. The number of carbonyl (C=O) groups is 3. The number of fused-ring (bicyclic) bond motifs is 2. The van der Waals surface area contributed by atoms with Crippen molar-refractivity contribution in [1.82, 2.24) is 35.3 Å². The van der Waals surface area contributed by atoms with Crippen LogP contribution in [0.3, 0.4) is 0 Å². The standard InChI is InChI=1S/C43H49F2N9O5/c1-42(10-11-42)59-27-2-4-32-30(18-27)39(50-49-32)33-19-36(47-25-46-33)53-21-28(22-53)58-24-43(45)12-16-51(17-13-43)20-26-8-14-52(15-9-26)34-5-3-29-31(38(34)44)23-54(41(29)57)35-6-7-37(55)48-40(35)56/h2-5,18-19,25-26,28,35H,6-17,20-24H2,1H3,(H,49,50)(H,48,55,56). The third-order valence-electron chi connectivity index (χ3n) is 13.4. The van der Waals surface area contributed by atoms with E-state index in [1.165, 1.54) is 4.90 Å². The molecule has 2 aromatic carbocycles. The molecule has 16 heteroatoms. The molecule has 59 heavy (non-hydrogen) atoms. The van der Waals surface area contributed by atoms with Gasteiger partial charge in [-0.25, -0.2) is 18.7 Å². The number of nitrogens with zero attached hydrogens (tertiary/aromatic N) is 7. The molecule has 0 radical (unpaired) electrons. The number of aromatic nitrogens is 4. The molecule has 3 amide bonds. The third-order valence-corrected chi connectivity index (χ3v) is 13.4. The SMILES string of the molecule is CC1(Oc2ccc3[nH]nc(-c4cc(N5CC(OCC6(F)CCN(CC7CCN(c8ccc9c(c8F)CN(C8CCC(=O)NC8=O)C9=O)CC7)CC6)C5)ncn4)c3c2)CC1. The van der Waals surface area contributed by atoms with Crippen LogP contribution in [0, 0.1) is 11.7 Å². The highest BCUT2D eigenvalue weighted by Gasteiger charge is 2.43. The normalized spacial score (nSPS) is 23.4. The van der Waals surface area contributed by atoms with E-state index in [0.717, 1.165) is 60.4 Å². The lowest BCUT2D eigenvalue weighted by molar-refractivity contribution is -0.136. The Bertz CT molecular complexity index is 2300. The maximum atomic E-state index is 16.0. The van der Waals surface area contributed by atoms with Gasteiger partial charge in [0.15, 0.2) is 5.82 Å². The number of hydrogen-bond donors (Lipinski definition) is 2. The van der Waals surface area contributed by atoms with Crippen LogP contribution in [0.5, 0.6) is 5.75 Å². The van der Waals surface area contributed by atoms with E-state index in [2.05, 4.69) is 42.2 Å². The average Bonchev–Trinajstić information content (AvgIpc) is 3.63. The molecule has 2 N–H and O–H groups in total. The van der Waals surface area contributed by atoms with Crippen molar-refractivity contribution in [2.45, 2.75) is 88.3 Å². The van der Waals surface area contributed by atoms with Crippen molar-refractivity contribution in [2.24, 2.45) is 5.92 Å². The van der Waals surface area contributed by atoms with Crippen LogP contribution in [0.4, 0.5) is 20.3 Å². The van der Waals surface area contributed by atoms with E-state index < -0.39 is 23.4 Å². The van der Waals surface area contributed by atoms with Gasteiger partial charge in [-0.2, -0.15) is 5.10 Å². The summed E-state index contributed by atoms with van der Waals surface area (Å²) < 4.78 is 44.2. The molecule has 1 saturated carbocycles. The number of likely N-dealkylation sites (tertiary alicyclic amines) is 1. The predicted molar refractivity (Wildman–Crippen MR) is 214 cm³/mol. The van der Waals surface area contributed by atoms with Gasteiger partial charge in [-0.3, -0.25) is 24.8 Å². The first-order chi connectivity index (χ1) is 28.5. The summed E-state index contributed by atoms with van der Waals surface area (Å²) in [4.78, 5) is 54.1. The average molecular weight is 810 g/mol. The number of hydrogen-bond acceptors (Lipinski definition) is 11. The number of carbonyl (C=O) groups excluding carboxylic acids is 3. The molecule has 1 unspecified atom stereocenters. The highest BCUT2D eigenvalue weighted by atomic mass is 19.1. The van der Waals surface area contributed by atoms with Gasteiger partial charge in [0.1, 0.15) is 40.9 Å². The molecule has 2 aromatic heterocycles. The Balaban J connectivity index is 0.667. The first kappa shape index (κ1) is 38.0. The van der Waals surface area contributed by atoms with E-state index in [4.69, 9.17) is 9.47 Å². The van der Waals surface area contributed by atoms with Gasteiger partial charge < -0.3 is 29.1 Å². The largest absolute Gasteiger partial charge is 0.488 e. The summed E-state index contributed by atoms with van der Waals surface area (Å²) in [5.41, 5.74) is 1.99. The second kappa shape index (κ2) is 14.8. The van der Waals surface area contributed by atoms with Gasteiger partial charge in [-0.15, -0.1) is 0 Å². The fraction of sp³-hybridized carbons (Fsp3) is 0.535. The Labute approximate surface area is 340 Å². The minimum absolute atomic E-state index is 0.0120. The molecule has 10 rings (SSSR count). The van der Waals surface area contributed by atoms with Crippen molar-refractivity contribution >= 4 is 40.1 Å². The Morgan fingerprint density at radius 1 is 0.932 bits per heavy atom. The molecule has 1 atom stereocenters. The predicted octanol–water partition coefficient (Wildman–Crippen LogP) is 4.78. The lowest BCUT2D eigenvalue weighted by atomic mass is 9.91. The van der Waals surface area contributed by atoms with Crippen molar-refractivity contribution in [2.75, 3.05) is 62.2 Å². The summed E-state index contributed by atoms with van der Waals surface area (Å²) >= 11 is 0. The van der Waals surface area contributed by atoms with Gasteiger partial charge in [0.25, 0.3) is 5.91 Å². The fourth-order valence-corrected chi connectivity index (χ4v) is 9.30. The first-order valence-corrected chi connectivity index (χ1v) is 21.0. The van der Waals surface area contributed by atoms with Gasteiger partial charge in [-0.05, 0) is 88.1 Å². The summed E-state index contributed by atoms with van der Waals surface area (Å²) in [6.07, 6.45) is 6.61. The Morgan fingerprint density at radius 2 is 1.73 bits per heavy atom. The van der Waals surface area contributed by atoms with E-state index in [0.29, 0.717) is 75.0 Å². The van der Waals surface area contributed by atoms with Gasteiger partial charge in [0, 0.05) is 74.8 Å². The molecular formula is C43H49F2N9O5. The highest BCUT2D eigenvalue weighted by Crippen LogP contribution is 2.41. The number of aromatic amines is 1. The van der Waals surface area contributed by atoms with E-state index in [1.54, 1.807) is 18.5 Å². The van der Waals surface area contributed by atoms with E-state index in [-0.39, 0.29) is 55.1 Å². The number of rotatable bonds is 11. The molecule has 0 spiro atoms. The molecule has 5 fully saturated rings. The van der Waals surface area contributed by atoms with Gasteiger partial charge in [0.2, 0.25) is 11.8 Å². The van der Waals surface area contributed by atoms with Crippen molar-refractivity contribution in [3.63, 3.8) is 0 Å². The van der Waals surface area contributed by atoms with E-state index in [1.807, 2.05) is 29.2 Å². The fourth-order valence-electron chi connectivity index (χ4n) is 9.30. The van der Waals surface area contributed by atoms with Crippen LogP contribution in [0.2, 0.25) is 0 Å². The van der Waals surface area contributed by atoms with Crippen LogP contribution in [0.15, 0.2) is 42.7 Å². The van der Waals surface area contributed by atoms with E-state index in [9.17, 15) is 14.4 Å². The molecule has 6 aliphatic rings. The van der Waals surface area contributed by atoms with Gasteiger partial charge >= 0.3 is 0 Å². The topological polar surface area (TPSA) is 149 Å². The number of halogens is 2. The second-order valence-corrected chi connectivity index (χ2v) is 17.6. The van der Waals surface area contributed by atoms with Crippen LogP contribution in [-0.2, 0) is 20.9 Å². The summed E-state index contributed by atoms with van der Waals surface area (Å²) in [5, 5.41) is 10.9. The maximum absolute atomic E-state index is 16.0. The summed E-state index contributed by atoms with van der Waals surface area (Å²) in [6, 6.07) is 10.5. The number of benzene rings is 2. The number of imide groups is 1. The molecule has 5 aliphatic heterocycles. The molecule has 310 valence electrons. The molecule has 1 aliphatic carbocycles. The van der Waals surface area contributed by atoms with Crippen LogP contribution in [0.1, 0.15) is 74.2 Å². The van der Waals surface area contributed by atoms with Crippen molar-refractivity contribution in [1.29, 1.82) is 0 Å². The Hall–Kier alpha value is -5.22. The van der Waals surface area contributed by atoms with Crippen LogP contribution in [-0.4, -0.2) is 124 Å². The van der Waals surface area contributed by atoms with Crippen LogP contribution >= 0.6 is 0 Å². The van der Waals surface area contributed by atoms with Crippen molar-refractivity contribution in [3.8, 4) is 17.1 Å². The maximum Gasteiger partial charge on any atom is 0.255 e. The number of piperidine rings is 3. The quantitative estimate of drug-likeness (QED) is 0.202. The number of ether oxygens (including phenoxy) is 2. The number of H-pyrrole nitrogens is 1. The van der Waals surface area contributed by atoms with Crippen LogP contribution in [0.25, 0.3) is 22.3 Å². The van der Waals surface area contributed by atoms with Crippen molar-refractivity contribution < 1.29 is 32.6 Å². The Kier molecular flexibility index (Phi) is 9.54. The summed E-state index contributed by atoms with van der Waals surface area (Å²) in [5.74, 6) is 0.368. The molecular weight excluding hydrogens is 761 g/mol. The van der Waals surface area contributed by atoms with E-state index >= 15 is 8.78 Å². The lowest BCUT2D eigenvalue weighted by Gasteiger charge is -2.43. The second-order valence-electron chi connectivity index (χ2n) is 17.6. The molecule has 7 heterocycles. The van der Waals surface area contributed by atoms with Gasteiger partial charge in [-0.1, -0.05) is 0 Å². The molecule has 4 saturated heterocycles. The molecule has 0 bridgehead atoms. The third kappa shape index (κ3) is 7.49. The van der Waals surface area contributed by atoms with Crippen molar-refractivity contribution in [3.05, 3.63) is 59.7 Å². The number of nitrogens with one attached hydrogen (secondary N) is 2.